The molecule has 5 nitrogen and oxygen atoms in total. The number of carboxylic acids is 1. The molecule has 2 heterocycles. The first-order valence-electron chi connectivity index (χ1n) is 7.43. The number of carbonyl (C=O) groups is 1. The fourth-order valence-electron chi connectivity index (χ4n) is 2.60. The van der Waals surface area contributed by atoms with Crippen LogP contribution in [0.25, 0.3) is 0 Å². The first-order chi connectivity index (χ1) is 10.7. The summed E-state index contributed by atoms with van der Waals surface area (Å²) in [6.45, 7) is 4.86. The van der Waals surface area contributed by atoms with Gasteiger partial charge in [-0.05, 0) is 12.0 Å². The Hall–Kier alpha value is -1.92. The SMILES string of the molecule is O=C(O)c1cnc(N2CCN(CCc3ccccc3)CC2)s1. The number of anilines is 1. The molecule has 1 fully saturated rings. The summed E-state index contributed by atoms with van der Waals surface area (Å²) in [6.07, 6.45) is 2.52. The average Bonchev–Trinajstić information content (AvgIpc) is 3.05. The number of nitrogens with zero attached hydrogens (tertiary/aromatic N) is 3. The molecule has 1 N–H and O–H groups in total. The van der Waals surface area contributed by atoms with Crippen LogP contribution >= 0.6 is 11.3 Å². The van der Waals surface area contributed by atoms with Crippen molar-refractivity contribution >= 4 is 22.4 Å². The largest absolute Gasteiger partial charge is 0.477 e. The third kappa shape index (κ3) is 3.64. The molecule has 1 aliphatic rings. The summed E-state index contributed by atoms with van der Waals surface area (Å²) in [5.41, 5.74) is 1.37. The molecule has 1 saturated heterocycles. The molecule has 0 spiro atoms. The summed E-state index contributed by atoms with van der Waals surface area (Å²) < 4.78 is 0. The summed E-state index contributed by atoms with van der Waals surface area (Å²) in [5.74, 6) is -0.898. The van der Waals surface area contributed by atoms with Crippen LogP contribution in [0.3, 0.4) is 0 Å². The monoisotopic (exact) mass is 317 g/mol. The van der Waals surface area contributed by atoms with Gasteiger partial charge < -0.3 is 10.0 Å². The van der Waals surface area contributed by atoms with Crippen molar-refractivity contribution in [3.63, 3.8) is 0 Å². The van der Waals surface area contributed by atoms with Crippen LogP contribution in [-0.2, 0) is 6.42 Å². The van der Waals surface area contributed by atoms with Gasteiger partial charge in [-0.3, -0.25) is 4.90 Å². The van der Waals surface area contributed by atoms with Crippen LogP contribution in [0.1, 0.15) is 15.2 Å². The Balaban J connectivity index is 1.48. The van der Waals surface area contributed by atoms with Crippen molar-refractivity contribution in [1.82, 2.24) is 9.88 Å². The first kappa shape index (κ1) is 15.0. The first-order valence-corrected chi connectivity index (χ1v) is 8.24. The summed E-state index contributed by atoms with van der Waals surface area (Å²) in [7, 11) is 0. The quantitative estimate of drug-likeness (QED) is 0.916. The van der Waals surface area contributed by atoms with Crippen LogP contribution in [0.5, 0.6) is 0 Å². The lowest BCUT2D eigenvalue weighted by Gasteiger charge is -2.34. The van der Waals surface area contributed by atoms with Crippen molar-refractivity contribution in [2.24, 2.45) is 0 Å². The van der Waals surface area contributed by atoms with Crippen LogP contribution in [0, 0.1) is 0 Å². The van der Waals surface area contributed by atoms with Crippen LogP contribution in [-0.4, -0.2) is 53.7 Å². The van der Waals surface area contributed by atoms with Gasteiger partial charge in [0.15, 0.2) is 5.13 Å². The van der Waals surface area contributed by atoms with Crippen LogP contribution < -0.4 is 4.90 Å². The fraction of sp³-hybridized carbons (Fsp3) is 0.375. The summed E-state index contributed by atoms with van der Waals surface area (Å²) >= 11 is 1.26. The van der Waals surface area contributed by atoms with E-state index in [0.29, 0.717) is 4.88 Å². The van der Waals surface area contributed by atoms with Crippen molar-refractivity contribution in [2.45, 2.75) is 6.42 Å². The van der Waals surface area contributed by atoms with Gasteiger partial charge in [0.25, 0.3) is 0 Å². The highest BCUT2D eigenvalue weighted by molar-refractivity contribution is 7.17. The van der Waals surface area contributed by atoms with Gasteiger partial charge in [-0.2, -0.15) is 0 Å². The normalized spacial score (nSPS) is 15.9. The van der Waals surface area contributed by atoms with E-state index in [9.17, 15) is 4.79 Å². The molecule has 0 aliphatic carbocycles. The molecule has 0 radical (unpaired) electrons. The molecular weight excluding hydrogens is 298 g/mol. The Morgan fingerprint density at radius 3 is 2.55 bits per heavy atom. The Morgan fingerprint density at radius 1 is 1.18 bits per heavy atom. The predicted octanol–water partition coefficient (Wildman–Crippen LogP) is 2.21. The minimum absolute atomic E-state index is 0.307. The number of carboxylic acid groups (broad SMARTS) is 1. The highest BCUT2D eigenvalue weighted by Crippen LogP contribution is 2.23. The number of benzene rings is 1. The van der Waals surface area contributed by atoms with Gasteiger partial charge in [-0.25, -0.2) is 9.78 Å². The van der Waals surface area contributed by atoms with E-state index in [1.54, 1.807) is 0 Å². The summed E-state index contributed by atoms with van der Waals surface area (Å²) in [6, 6.07) is 10.5. The molecule has 1 aromatic carbocycles. The molecule has 116 valence electrons. The second kappa shape index (κ2) is 6.89. The lowest BCUT2D eigenvalue weighted by atomic mass is 10.1. The van der Waals surface area contributed by atoms with Gasteiger partial charge in [0.05, 0.1) is 6.20 Å². The smallest absolute Gasteiger partial charge is 0.347 e. The van der Waals surface area contributed by atoms with Crippen molar-refractivity contribution in [3.05, 3.63) is 47.0 Å². The number of rotatable bonds is 5. The molecule has 1 aliphatic heterocycles. The molecule has 1 aromatic heterocycles. The van der Waals surface area contributed by atoms with Crippen molar-refractivity contribution < 1.29 is 9.90 Å². The number of piperazine rings is 1. The van der Waals surface area contributed by atoms with Crippen molar-refractivity contribution in [3.8, 4) is 0 Å². The van der Waals surface area contributed by atoms with Gasteiger partial charge in [-0.15, -0.1) is 0 Å². The molecule has 0 amide bonds. The molecular formula is C16H19N3O2S. The maximum absolute atomic E-state index is 10.9. The number of aromatic carboxylic acids is 1. The number of thiazole rings is 1. The van der Waals surface area contributed by atoms with E-state index in [4.69, 9.17) is 5.11 Å². The lowest BCUT2D eigenvalue weighted by Crippen LogP contribution is -2.46. The van der Waals surface area contributed by atoms with Gasteiger partial charge in [0.2, 0.25) is 0 Å². The van der Waals surface area contributed by atoms with E-state index >= 15 is 0 Å². The third-order valence-electron chi connectivity index (χ3n) is 3.91. The zero-order chi connectivity index (χ0) is 15.4. The molecule has 3 rings (SSSR count). The topological polar surface area (TPSA) is 56.7 Å². The number of hydrogen-bond donors (Lipinski definition) is 1. The second-order valence-electron chi connectivity index (χ2n) is 5.38. The van der Waals surface area contributed by atoms with E-state index in [0.717, 1.165) is 44.3 Å². The molecule has 22 heavy (non-hydrogen) atoms. The van der Waals surface area contributed by atoms with Crippen molar-refractivity contribution in [1.29, 1.82) is 0 Å². The molecule has 0 saturated carbocycles. The van der Waals surface area contributed by atoms with E-state index in [2.05, 4.69) is 39.0 Å². The average molecular weight is 317 g/mol. The van der Waals surface area contributed by atoms with Crippen molar-refractivity contribution in [2.75, 3.05) is 37.6 Å². The highest BCUT2D eigenvalue weighted by atomic mass is 32.1. The molecule has 2 aromatic rings. The predicted molar refractivity (Wildman–Crippen MR) is 87.9 cm³/mol. The van der Waals surface area contributed by atoms with E-state index in [-0.39, 0.29) is 0 Å². The Morgan fingerprint density at radius 2 is 1.91 bits per heavy atom. The number of aromatic nitrogens is 1. The maximum Gasteiger partial charge on any atom is 0.347 e. The lowest BCUT2D eigenvalue weighted by molar-refractivity contribution is 0.0702. The molecule has 0 unspecified atom stereocenters. The Bertz CT molecular complexity index is 621. The zero-order valence-corrected chi connectivity index (χ0v) is 13.1. The Kier molecular flexibility index (Phi) is 4.70. The number of hydrogen-bond acceptors (Lipinski definition) is 5. The highest BCUT2D eigenvalue weighted by Gasteiger charge is 2.20. The van der Waals surface area contributed by atoms with E-state index < -0.39 is 5.97 Å². The molecule has 6 heteroatoms. The van der Waals surface area contributed by atoms with Gasteiger partial charge >= 0.3 is 5.97 Å². The standard InChI is InChI=1S/C16H19N3O2S/c20-15(21)14-12-17-16(22-14)19-10-8-18(9-11-19)7-6-13-4-2-1-3-5-13/h1-5,12H,6-11H2,(H,20,21). The van der Waals surface area contributed by atoms with E-state index in [1.807, 2.05) is 6.07 Å². The summed E-state index contributed by atoms with van der Waals surface area (Å²) in [5, 5.41) is 9.78. The minimum atomic E-state index is -0.898. The molecule has 0 bridgehead atoms. The maximum atomic E-state index is 10.9. The Labute approximate surface area is 133 Å². The van der Waals surface area contributed by atoms with E-state index in [1.165, 1.54) is 23.1 Å². The summed E-state index contributed by atoms with van der Waals surface area (Å²) in [4.78, 5) is 20.1. The minimum Gasteiger partial charge on any atom is -0.477 e. The van der Waals surface area contributed by atoms with Gasteiger partial charge in [0, 0.05) is 32.7 Å². The molecule has 0 atom stereocenters. The third-order valence-corrected chi connectivity index (χ3v) is 4.95. The van der Waals surface area contributed by atoms with Gasteiger partial charge in [0.1, 0.15) is 4.88 Å². The zero-order valence-electron chi connectivity index (χ0n) is 12.3. The van der Waals surface area contributed by atoms with Crippen LogP contribution in [0.2, 0.25) is 0 Å². The van der Waals surface area contributed by atoms with Crippen LogP contribution in [0.4, 0.5) is 5.13 Å². The second-order valence-corrected chi connectivity index (χ2v) is 6.39. The fourth-order valence-corrected chi connectivity index (χ4v) is 3.41. The van der Waals surface area contributed by atoms with Gasteiger partial charge in [-0.1, -0.05) is 41.7 Å². The van der Waals surface area contributed by atoms with Crippen LogP contribution in [0.15, 0.2) is 36.5 Å².